The molecule has 1 atom stereocenters. The van der Waals surface area contributed by atoms with Crippen molar-refractivity contribution in [2.75, 3.05) is 7.11 Å². The normalized spacial score (nSPS) is 19.2. The predicted octanol–water partition coefficient (Wildman–Crippen LogP) is 3.22. The van der Waals surface area contributed by atoms with Gasteiger partial charge in [-0.25, -0.2) is 8.78 Å². The molecule has 1 aliphatic carbocycles. The van der Waals surface area contributed by atoms with Gasteiger partial charge in [-0.15, -0.1) is 0 Å². The summed E-state index contributed by atoms with van der Waals surface area (Å²) in [5, 5.41) is 0. The van der Waals surface area contributed by atoms with E-state index < -0.39 is 11.6 Å². The fraction of sp³-hybridized carbons (Fsp3) is 0.214. The molecule has 1 radical (unpaired) electrons. The first kappa shape index (κ1) is 12.0. The summed E-state index contributed by atoms with van der Waals surface area (Å²) in [5.41, 5.74) is 0.948. The van der Waals surface area contributed by atoms with Crippen LogP contribution in [-0.2, 0) is 11.2 Å². The van der Waals surface area contributed by atoms with Crippen LogP contribution in [-0.4, -0.2) is 13.2 Å². The number of methoxy groups -OCH3 is 1. The van der Waals surface area contributed by atoms with Crippen LogP contribution < -0.4 is 0 Å². The maximum Gasteiger partial charge on any atom is 0.129 e. The van der Waals surface area contributed by atoms with Gasteiger partial charge in [0.05, 0.1) is 6.10 Å². The summed E-state index contributed by atoms with van der Waals surface area (Å²) in [6.07, 6.45) is 7.52. The van der Waals surface area contributed by atoms with E-state index in [2.05, 4.69) is 0 Å². The molecular weight excluding hydrogens is 222 g/mol. The molecule has 1 nitrogen and oxygen atoms in total. The van der Waals surface area contributed by atoms with Crippen LogP contribution in [0.2, 0.25) is 0 Å². The Morgan fingerprint density at radius 1 is 1.24 bits per heavy atom. The average Bonchev–Trinajstić information content (AvgIpc) is 2.34. The van der Waals surface area contributed by atoms with E-state index in [0.717, 1.165) is 5.57 Å². The monoisotopic (exact) mass is 235 g/mol. The summed E-state index contributed by atoms with van der Waals surface area (Å²) < 4.78 is 32.1. The molecule has 89 valence electrons. The zero-order valence-corrected chi connectivity index (χ0v) is 9.49. The molecule has 0 fully saturated rings. The Bertz CT molecular complexity index is 443. The molecule has 0 heterocycles. The largest absolute Gasteiger partial charge is 0.377 e. The Morgan fingerprint density at radius 3 is 2.59 bits per heavy atom. The molecule has 0 amide bonds. The standard InChI is InChI=1S/C14H13F2O/c1-17-11-5-2-4-10(8-11)9-12-13(15)6-3-7-14(12)16/h2-8,11H,9H2,1H3. The highest BCUT2D eigenvalue weighted by molar-refractivity contribution is 5.35. The number of ether oxygens (including phenoxy) is 1. The van der Waals surface area contributed by atoms with E-state index in [4.69, 9.17) is 4.74 Å². The van der Waals surface area contributed by atoms with Gasteiger partial charge in [0.25, 0.3) is 0 Å². The van der Waals surface area contributed by atoms with Crippen LogP contribution in [0.25, 0.3) is 0 Å². The van der Waals surface area contributed by atoms with Gasteiger partial charge >= 0.3 is 0 Å². The van der Waals surface area contributed by atoms with Crippen LogP contribution in [0.3, 0.4) is 0 Å². The van der Waals surface area contributed by atoms with E-state index in [1.807, 2.05) is 24.6 Å². The van der Waals surface area contributed by atoms with Gasteiger partial charge in [-0.3, -0.25) is 0 Å². The maximum absolute atomic E-state index is 13.5. The fourth-order valence-electron chi connectivity index (χ4n) is 1.78. The predicted molar refractivity (Wildman–Crippen MR) is 62.4 cm³/mol. The molecule has 0 saturated heterocycles. The van der Waals surface area contributed by atoms with E-state index in [0.29, 0.717) is 0 Å². The van der Waals surface area contributed by atoms with Gasteiger partial charge in [0, 0.05) is 19.1 Å². The Morgan fingerprint density at radius 2 is 1.94 bits per heavy atom. The third-order valence-corrected chi connectivity index (χ3v) is 2.70. The highest BCUT2D eigenvalue weighted by atomic mass is 19.1. The Balaban J connectivity index is 2.16. The summed E-state index contributed by atoms with van der Waals surface area (Å²) in [6, 6.07) is 3.90. The molecule has 1 aromatic rings. The Hall–Kier alpha value is -1.48. The molecule has 3 heteroatoms. The topological polar surface area (TPSA) is 9.23 Å². The minimum atomic E-state index is -0.511. The zero-order chi connectivity index (χ0) is 12.3. The van der Waals surface area contributed by atoms with Crippen molar-refractivity contribution in [1.29, 1.82) is 0 Å². The van der Waals surface area contributed by atoms with Crippen molar-refractivity contribution in [1.82, 2.24) is 0 Å². The van der Waals surface area contributed by atoms with Gasteiger partial charge in [-0.05, 0) is 18.6 Å². The second kappa shape index (κ2) is 5.23. The lowest BCUT2D eigenvalue weighted by Gasteiger charge is -2.17. The lowest BCUT2D eigenvalue weighted by Crippen LogP contribution is -2.13. The van der Waals surface area contributed by atoms with Gasteiger partial charge in [-0.2, -0.15) is 0 Å². The van der Waals surface area contributed by atoms with E-state index in [9.17, 15) is 8.78 Å². The molecule has 1 aliphatic rings. The summed E-state index contributed by atoms with van der Waals surface area (Å²) in [5.74, 6) is -1.02. The number of halogens is 2. The van der Waals surface area contributed by atoms with Crippen molar-refractivity contribution in [3.8, 4) is 0 Å². The molecule has 0 spiro atoms. The molecule has 0 saturated carbocycles. The van der Waals surface area contributed by atoms with Crippen LogP contribution >= 0.6 is 0 Å². The van der Waals surface area contributed by atoms with Crippen molar-refractivity contribution in [2.24, 2.45) is 0 Å². The third kappa shape index (κ3) is 2.80. The van der Waals surface area contributed by atoms with Crippen LogP contribution in [0.4, 0.5) is 8.78 Å². The quantitative estimate of drug-likeness (QED) is 0.781. The number of hydrogen-bond acceptors (Lipinski definition) is 1. The molecule has 0 aliphatic heterocycles. The van der Waals surface area contributed by atoms with Crippen molar-refractivity contribution in [3.05, 3.63) is 65.6 Å². The molecule has 1 unspecified atom stereocenters. The summed E-state index contributed by atoms with van der Waals surface area (Å²) in [4.78, 5) is 0. The smallest absolute Gasteiger partial charge is 0.129 e. The number of benzene rings is 1. The number of hydrogen-bond donors (Lipinski definition) is 0. The minimum Gasteiger partial charge on any atom is -0.377 e. The second-order valence-corrected chi connectivity index (χ2v) is 3.87. The summed E-state index contributed by atoms with van der Waals surface area (Å²) in [6.45, 7) is 0. The molecule has 0 aromatic heterocycles. The fourth-order valence-corrected chi connectivity index (χ4v) is 1.78. The first-order valence-corrected chi connectivity index (χ1v) is 5.38. The molecule has 17 heavy (non-hydrogen) atoms. The Kier molecular flexibility index (Phi) is 3.69. The average molecular weight is 235 g/mol. The van der Waals surface area contributed by atoms with Gasteiger partial charge < -0.3 is 4.74 Å². The zero-order valence-electron chi connectivity index (χ0n) is 9.49. The van der Waals surface area contributed by atoms with E-state index in [1.54, 1.807) is 7.11 Å². The third-order valence-electron chi connectivity index (χ3n) is 2.70. The van der Waals surface area contributed by atoms with Gasteiger partial charge in [-0.1, -0.05) is 29.9 Å². The van der Waals surface area contributed by atoms with Crippen molar-refractivity contribution < 1.29 is 13.5 Å². The molecule has 0 bridgehead atoms. The van der Waals surface area contributed by atoms with Crippen LogP contribution in [0, 0.1) is 18.1 Å². The van der Waals surface area contributed by atoms with E-state index in [1.165, 1.54) is 18.2 Å². The van der Waals surface area contributed by atoms with Crippen molar-refractivity contribution >= 4 is 0 Å². The van der Waals surface area contributed by atoms with Crippen LogP contribution in [0.5, 0.6) is 0 Å². The van der Waals surface area contributed by atoms with Gasteiger partial charge in [0.2, 0.25) is 0 Å². The molecule has 0 N–H and O–H groups in total. The SMILES string of the molecule is COC1[CH]C(Cc2c(F)cccc2F)=CC=C1. The summed E-state index contributed by atoms with van der Waals surface area (Å²) >= 11 is 0. The number of rotatable bonds is 3. The number of allylic oxidation sites excluding steroid dienone is 2. The van der Waals surface area contributed by atoms with Crippen LogP contribution in [0.15, 0.2) is 42.0 Å². The lowest BCUT2D eigenvalue weighted by molar-refractivity contribution is 0.166. The summed E-state index contributed by atoms with van der Waals surface area (Å²) in [7, 11) is 1.60. The van der Waals surface area contributed by atoms with Crippen molar-refractivity contribution in [3.63, 3.8) is 0 Å². The highest BCUT2D eigenvalue weighted by Crippen LogP contribution is 2.21. The van der Waals surface area contributed by atoms with Crippen molar-refractivity contribution in [2.45, 2.75) is 12.5 Å². The van der Waals surface area contributed by atoms with E-state index in [-0.39, 0.29) is 18.1 Å². The van der Waals surface area contributed by atoms with Crippen LogP contribution in [0.1, 0.15) is 5.56 Å². The van der Waals surface area contributed by atoms with Gasteiger partial charge in [0.1, 0.15) is 11.6 Å². The van der Waals surface area contributed by atoms with Gasteiger partial charge in [0.15, 0.2) is 0 Å². The highest BCUT2D eigenvalue weighted by Gasteiger charge is 2.15. The minimum absolute atomic E-state index is 0.0974. The first-order chi connectivity index (χ1) is 8.20. The molecule has 2 rings (SSSR count). The second-order valence-electron chi connectivity index (χ2n) is 3.87. The maximum atomic E-state index is 13.5. The first-order valence-electron chi connectivity index (χ1n) is 5.38. The Labute approximate surface area is 99.4 Å². The molecule has 1 aromatic carbocycles. The van der Waals surface area contributed by atoms with E-state index >= 15 is 0 Å². The molecular formula is C14H13F2O. The lowest BCUT2D eigenvalue weighted by atomic mass is 9.95.